The summed E-state index contributed by atoms with van der Waals surface area (Å²) in [7, 11) is 0. The van der Waals surface area contributed by atoms with Gasteiger partial charge in [0, 0.05) is 31.1 Å². The molecule has 3 aliphatic rings. The van der Waals surface area contributed by atoms with Crippen LogP contribution in [-0.2, 0) is 16.0 Å². The fourth-order valence-corrected chi connectivity index (χ4v) is 5.92. The molecule has 2 atom stereocenters. The van der Waals surface area contributed by atoms with Crippen molar-refractivity contribution in [3.05, 3.63) is 58.7 Å². The third-order valence-electron chi connectivity index (χ3n) is 7.66. The van der Waals surface area contributed by atoms with Crippen LogP contribution in [0.5, 0.6) is 11.5 Å². The summed E-state index contributed by atoms with van der Waals surface area (Å²) >= 11 is 0. The van der Waals surface area contributed by atoms with Gasteiger partial charge in [-0.05, 0) is 68.0 Å². The maximum atomic E-state index is 14.2. The Hall–Kier alpha value is -3.55. The van der Waals surface area contributed by atoms with Crippen molar-refractivity contribution in [2.24, 2.45) is 11.7 Å². The molecule has 190 valence electrons. The molecule has 1 fully saturated rings. The number of carbonyl (C=O) groups is 3. The van der Waals surface area contributed by atoms with Gasteiger partial charge in [-0.3, -0.25) is 14.4 Å². The minimum atomic E-state index is -0.546. The van der Waals surface area contributed by atoms with Crippen molar-refractivity contribution in [1.29, 1.82) is 0 Å². The lowest BCUT2D eigenvalue weighted by molar-refractivity contribution is -0.138. The normalized spacial score (nSPS) is 21.3. The number of fused-ring (bicyclic) bond motifs is 4. The predicted molar refractivity (Wildman–Crippen MR) is 134 cm³/mol. The Bertz CT molecular complexity index is 1190. The van der Waals surface area contributed by atoms with Crippen molar-refractivity contribution >= 4 is 17.7 Å². The highest BCUT2D eigenvalue weighted by Gasteiger charge is 2.48. The number of benzene rings is 2. The molecule has 8 heteroatoms. The van der Waals surface area contributed by atoms with Crippen LogP contribution in [0.1, 0.15) is 65.7 Å². The first-order chi connectivity index (χ1) is 17.4. The molecule has 0 unspecified atom stereocenters. The Morgan fingerprint density at radius 2 is 1.64 bits per heavy atom. The minimum absolute atomic E-state index is 0.0208. The number of likely N-dealkylation sites (tertiary alicyclic amines) is 1. The van der Waals surface area contributed by atoms with Gasteiger partial charge in [0.1, 0.15) is 0 Å². The molecule has 8 nitrogen and oxygen atoms in total. The summed E-state index contributed by atoms with van der Waals surface area (Å²) in [6.07, 6.45) is 1.80. The zero-order valence-electron chi connectivity index (χ0n) is 20.9. The Balaban J connectivity index is 1.59. The summed E-state index contributed by atoms with van der Waals surface area (Å²) in [5, 5.41) is 0. The molecular weight excluding hydrogens is 458 g/mol. The highest BCUT2D eigenvalue weighted by molar-refractivity contribution is 6.01. The maximum Gasteiger partial charge on any atom is 0.254 e. The molecule has 3 amide bonds. The lowest BCUT2D eigenvalue weighted by atomic mass is 9.75. The van der Waals surface area contributed by atoms with E-state index in [1.54, 1.807) is 0 Å². The molecule has 1 saturated heterocycles. The van der Waals surface area contributed by atoms with Gasteiger partial charge in [-0.15, -0.1) is 0 Å². The standard InChI is InChI=1S/C28H33N3O5/c1-3-35-22-15-18-11-14-31-25(21(18)16-23(22)36-4-2)24(19-7-5-6-8-20(19)27(31)33)28(34)30-12-9-17(10-13-30)26(29)32/h5-8,15-17,24-25H,3-4,9-14H2,1-2H3,(H2,29,32)/t24-,25+/m0/s1. The first-order valence-corrected chi connectivity index (χ1v) is 12.8. The number of amides is 3. The fourth-order valence-electron chi connectivity index (χ4n) is 5.92. The van der Waals surface area contributed by atoms with Gasteiger partial charge >= 0.3 is 0 Å². The summed E-state index contributed by atoms with van der Waals surface area (Å²) in [6, 6.07) is 11.0. The third kappa shape index (κ3) is 4.08. The molecular formula is C28H33N3O5. The van der Waals surface area contributed by atoms with Crippen LogP contribution in [0, 0.1) is 5.92 Å². The summed E-state index contributed by atoms with van der Waals surface area (Å²) in [5.41, 5.74) is 8.85. The fraction of sp³-hybridized carbons (Fsp3) is 0.464. The van der Waals surface area contributed by atoms with E-state index in [-0.39, 0.29) is 23.6 Å². The molecule has 0 radical (unpaired) electrons. The highest BCUT2D eigenvalue weighted by atomic mass is 16.5. The van der Waals surface area contributed by atoms with Crippen molar-refractivity contribution in [2.75, 3.05) is 32.8 Å². The summed E-state index contributed by atoms with van der Waals surface area (Å²) in [4.78, 5) is 43.1. The molecule has 0 aromatic heterocycles. The second-order valence-electron chi connectivity index (χ2n) is 9.62. The summed E-state index contributed by atoms with van der Waals surface area (Å²) in [5.74, 6) is 0.182. The van der Waals surface area contributed by atoms with E-state index < -0.39 is 12.0 Å². The van der Waals surface area contributed by atoms with Crippen molar-refractivity contribution < 1.29 is 23.9 Å². The third-order valence-corrected chi connectivity index (χ3v) is 7.66. The Kier molecular flexibility index (Phi) is 6.60. The number of ether oxygens (including phenoxy) is 2. The van der Waals surface area contributed by atoms with Gasteiger partial charge in [0.25, 0.3) is 5.91 Å². The van der Waals surface area contributed by atoms with Gasteiger partial charge in [-0.2, -0.15) is 0 Å². The van der Waals surface area contributed by atoms with Crippen LogP contribution >= 0.6 is 0 Å². The van der Waals surface area contributed by atoms with Gasteiger partial charge in [0.2, 0.25) is 11.8 Å². The second-order valence-corrected chi connectivity index (χ2v) is 9.62. The maximum absolute atomic E-state index is 14.2. The van der Waals surface area contributed by atoms with Crippen molar-refractivity contribution in [1.82, 2.24) is 9.80 Å². The zero-order valence-corrected chi connectivity index (χ0v) is 20.9. The number of hydrogen-bond donors (Lipinski definition) is 1. The number of hydrogen-bond acceptors (Lipinski definition) is 5. The molecule has 3 aliphatic heterocycles. The number of piperidine rings is 1. The molecule has 2 N–H and O–H groups in total. The van der Waals surface area contributed by atoms with E-state index in [9.17, 15) is 14.4 Å². The lowest BCUT2D eigenvalue weighted by Crippen LogP contribution is -2.52. The van der Waals surface area contributed by atoms with Crippen molar-refractivity contribution in [2.45, 2.75) is 45.1 Å². The summed E-state index contributed by atoms with van der Waals surface area (Å²) in [6.45, 7) is 6.33. The van der Waals surface area contributed by atoms with Crippen LogP contribution in [-0.4, -0.2) is 60.4 Å². The molecule has 36 heavy (non-hydrogen) atoms. The van der Waals surface area contributed by atoms with Crippen LogP contribution in [0.2, 0.25) is 0 Å². The molecule has 3 heterocycles. The topological polar surface area (TPSA) is 102 Å². The molecule has 0 aliphatic carbocycles. The van der Waals surface area contributed by atoms with Gasteiger partial charge in [0.15, 0.2) is 11.5 Å². The largest absolute Gasteiger partial charge is 0.490 e. The van der Waals surface area contributed by atoms with E-state index in [0.29, 0.717) is 69.2 Å². The van der Waals surface area contributed by atoms with Crippen LogP contribution in [0.4, 0.5) is 0 Å². The monoisotopic (exact) mass is 491 g/mol. The number of rotatable bonds is 6. The molecule has 5 rings (SSSR count). The molecule has 2 aromatic rings. The number of nitrogens with two attached hydrogens (primary N) is 1. The molecule has 0 saturated carbocycles. The average molecular weight is 492 g/mol. The van der Waals surface area contributed by atoms with Crippen LogP contribution < -0.4 is 15.2 Å². The van der Waals surface area contributed by atoms with E-state index in [1.165, 1.54) is 0 Å². The van der Waals surface area contributed by atoms with Gasteiger partial charge in [-0.25, -0.2) is 0 Å². The average Bonchev–Trinajstić information content (AvgIpc) is 2.89. The van der Waals surface area contributed by atoms with E-state index in [1.807, 2.05) is 60.0 Å². The van der Waals surface area contributed by atoms with E-state index in [2.05, 4.69) is 0 Å². The first-order valence-electron chi connectivity index (χ1n) is 12.8. The van der Waals surface area contributed by atoms with Gasteiger partial charge in [-0.1, -0.05) is 18.2 Å². The predicted octanol–water partition coefficient (Wildman–Crippen LogP) is 3.04. The SMILES string of the molecule is CCOc1cc2c(cc1OCC)[C@@H]1[C@@H](C(=O)N3CCC(C(N)=O)CC3)c3ccccc3C(=O)N1CC2. The molecule has 0 spiro atoms. The Morgan fingerprint density at radius 1 is 0.972 bits per heavy atom. The van der Waals surface area contributed by atoms with Gasteiger partial charge in [0.05, 0.1) is 25.2 Å². The number of nitrogens with zero attached hydrogens (tertiary/aromatic N) is 2. The van der Waals surface area contributed by atoms with Crippen LogP contribution in [0.25, 0.3) is 0 Å². The highest BCUT2D eigenvalue weighted by Crippen LogP contribution is 2.49. The molecule has 2 aromatic carbocycles. The van der Waals surface area contributed by atoms with E-state index in [0.717, 1.165) is 16.7 Å². The van der Waals surface area contributed by atoms with E-state index >= 15 is 0 Å². The Morgan fingerprint density at radius 3 is 2.31 bits per heavy atom. The smallest absolute Gasteiger partial charge is 0.254 e. The molecule has 0 bridgehead atoms. The lowest BCUT2D eigenvalue weighted by Gasteiger charge is -2.47. The van der Waals surface area contributed by atoms with Crippen LogP contribution in [0.15, 0.2) is 36.4 Å². The number of carbonyl (C=O) groups excluding carboxylic acids is 3. The quantitative estimate of drug-likeness (QED) is 0.669. The Labute approximate surface area is 211 Å². The van der Waals surface area contributed by atoms with Gasteiger partial charge < -0.3 is 25.0 Å². The van der Waals surface area contributed by atoms with Crippen LogP contribution in [0.3, 0.4) is 0 Å². The summed E-state index contributed by atoms with van der Waals surface area (Å²) < 4.78 is 11.8. The van der Waals surface area contributed by atoms with Crippen molar-refractivity contribution in [3.8, 4) is 11.5 Å². The van der Waals surface area contributed by atoms with Crippen molar-refractivity contribution in [3.63, 3.8) is 0 Å². The zero-order chi connectivity index (χ0) is 25.4. The first kappa shape index (κ1) is 24.2. The second kappa shape index (κ2) is 9.84. The minimum Gasteiger partial charge on any atom is -0.490 e. The van der Waals surface area contributed by atoms with E-state index in [4.69, 9.17) is 15.2 Å². The number of primary amides is 1.